The zero-order valence-electron chi connectivity index (χ0n) is 13.3. The predicted octanol–water partition coefficient (Wildman–Crippen LogP) is 3.54. The van der Waals surface area contributed by atoms with Crippen LogP contribution in [0.15, 0.2) is 53.2 Å². The fourth-order valence-corrected chi connectivity index (χ4v) is 3.18. The largest absolute Gasteiger partial charge is 0.392 e. The Hall–Kier alpha value is -2.50. The van der Waals surface area contributed by atoms with Gasteiger partial charge in [-0.2, -0.15) is 11.3 Å². The van der Waals surface area contributed by atoms with Gasteiger partial charge in [-0.05, 0) is 41.6 Å². The van der Waals surface area contributed by atoms with Crippen molar-refractivity contribution >= 4 is 17.2 Å². The van der Waals surface area contributed by atoms with E-state index in [-0.39, 0.29) is 12.5 Å². The molecule has 0 bridgehead atoms. The van der Waals surface area contributed by atoms with Gasteiger partial charge in [0, 0.05) is 17.5 Å². The lowest BCUT2D eigenvalue weighted by Gasteiger charge is -2.11. The number of carbonyl (C=O) groups is 1. The summed E-state index contributed by atoms with van der Waals surface area (Å²) < 4.78 is 0. The molecule has 1 aromatic carbocycles. The summed E-state index contributed by atoms with van der Waals surface area (Å²) in [6.45, 7) is 2.18. The van der Waals surface area contributed by atoms with Gasteiger partial charge in [0.25, 0.3) is 5.91 Å². The minimum atomic E-state index is -0.162. The predicted molar refractivity (Wildman–Crippen MR) is 95.8 cm³/mol. The van der Waals surface area contributed by atoms with E-state index in [0.717, 1.165) is 22.4 Å². The molecule has 0 aliphatic heterocycles. The first kappa shape index (κ1) is 16.4. The third-order valence-corrected chi connectivity index (χ3v) is 4.56. The molecule has 1 amide bonds. The van der Waals surface area contributed by atoms with Crippen molar-refractivity contribution in [3.63, 3.8) is 0 Å². The maximum atomic E-state index is 12.4. The second-order valence-corrected chi connectivity index (χ2v) is 6.23. The Morgan fingerprint density at radius 2 is 1.96 bits per heavy atom. The number of amides is 1. The topological polar surface area (TPSA) is 62.2 Å². The number of rotatable bonds is 5. The molecule has 24 heavy (non-hydrogen) atoms. The average Bonchev–Trinajstić information content (AvgIpc) is 3.14. The highest BCUT2D eigenvalue weighted by Crippen LogP contribution is 2.21. The number of hydrogen-bond acceptors (Lipinski definition) is 4. The van der Waals surface area contributed by atoms with Crippen LogP contribution in [0.5, 0.6) is 0 Å². The van der Waals surface area contributed by atoms with E-state index in [1.165, 1.54) is 0 Å². The van der Waals surface area contributed by atoms with E-state index in [4.69, 9.17) is 0 Å². The molecule has 0 atom stereocenters. The fraction of sp³-hybridized carbons (Fsp3) is 0.158. The van der Waals surface area contributed by atoms with Crippen molar-refractivity contribution < 1.29 is 9.90 Å². The zero-order chi connectivity index (χ0) is 16.9. The van der Waals surface area contributed by atoms with Gasteiger partial charge in [-0.3, -0.25) is 9.78 Å². The van der Waals surface area contributed by atoms with E-state index in [1.807, 2.05) is 60.1 Å². The number of aryl methyl sites for hydroxylation is 1. The first-order valence-electron chi connectivity index (χ1n) is 7.65. The van der Waals surface area contributed by atoms with Gasteiger partial charge in [0.05, 0.1) is 23.6 Å². The van der Waals surface area contributed by atoms with Crippen LogP contribution in [0.1, 0.15) is 27.2 Å². The summed E-state index contributed by atoms with van der Waals surface area (Å²) in [4.78, 5) is 17.0. The zero-order valence-corrected chi connectivity index (χ0v) is 14.1. The van der Waals surface area contributed by atoms with Gasteiger partial charge >= 0.3 is 0 Å². The Bertz CT molecular complexity index is 844. The van der Waals surface area contributed by atoms with Gasteiger partial charge < -0.3 is 10.4 Å². The summed E-state index contributed by atoms with van der Waals surface area (Å²) in [6, 6.07) is 13.2. The number of aromatic nitrogens is 1. The summed E-state index contributed by atoms with van der Waals surface area (Å²) >= 11 is 1.62. The highest BCUT2D eigenvalue weighted by atomic mass is 32.1. The Morgan fingerprint density at radius 1 is 1.17 bits per heavy atom. The van der Waals surface area contributed by atoms with Crippen molar-refractivity contribution in [1.82, 2.24) is 10.3 Å². The second-order valence-electron chi connectivity index (χ2n) is 5.45. The van der Waals surface area contributed by atoms with Crippen LogP contribution in [-0.2, 0) is 13.2 Å². The van der Waals surface area contributed by atoms with Crippen molar-refractivity contribution in [2.75, 3.05) is 0 Å². The summed E-state index contributed by atoms with van der Waals surface area (Å²) in [5, 5.41) is 16.3. The Labute approximate surface area is 144 Å². The quantitative estimate of drug-likeness (QED) is 0.748. The molecule has 3 rings (SSSR count). The minimum Gasteiger partial charge on any atom is -0.392 e. The van der Waals surface area contributed by atoms with Gasteiger partial charge in [-0.15, -0.1) is 0 Å². The molecule has 0 unspecified atom stereocenters. The third-order valence-electron chi connectivity index (χ3n) is 3.88. The molecular weight excluding hydrogens is 320 g/mol. The van der Waals surface area contributed by atoms with Crippen LogP contribution in [-0.4, -0.2) is 16.0 Å². The molecule has 0 spiro atoms. The molecule has 3 aromatic rings. The van der Waals surface area contributed by atoms with Crippen LogP contribution in [0.4, 0.5) is 0 Å². The van der Waals surface area contributed by atoms with Crippen LogP contribution in [0.2, 0.25) is 0 Å². The van der Waals surface area contributed by atoms with Crippen LogP contribution < -0.4 is 5.32 Å². The van der Waals surface area contributed by atoms with Crippen molar-refractivity contribution in [1.29, 1.82) is 0 Å². The number of nitrogens with one attached hydrogen (secondary N) is 1. The molecule has 0 fully saturated rings. The van der Waals surface area contributed by atoms with E-state index in [0.29, 0.717) is 17.8 Å². The number of benzene rings is 1. The highest BCUT2D eigenvalue weighted by Gasteiger charge is 2.12. The normalized spacial score (nSPS) is 10.6. The summed E-state index contributed by atoms with van der Waals surface area (Å²) in [6.07, 6.45) is 0. The first-order valence-corrected chi connectivity index (χ1v) is 8.59. The van der Waals surface area contributed by atoms with E-state index < -0.39 is 0 Å². The number of nitrogens with zero attached hydrogens (tertiary/aromatic N) is 1. The van der Waals surface area contributed by atoms with Crippen LogP contribution in [0.25, 0.3) is 11.3 Å². The van der Waals surface area contributed by atoms with Crippen molar-refractivity contribution in [3.8, 4) is 11.3 Å². The number of carbonyl (C=O) groups excluding carboxylic acids is 1. The number of hydrogen-bond donors (Lipinski definition) is 2. The average molecular weight is 338 g/mol. The molecule has 2 N–H and O–H groups in total. The van der Waals surface area contributed by atoms with E-state index >= 15 is 0 Å². The lowest BCUT2D eigenvalue weighted by Crippen LogP contribution is -2.24. The van der Waals surface area contributed by atoms with Crippen molar-refractivity contribution in [2.45, 2.75) is 20.1 Å². The lowest BCUT2D eigenvalue weighted by molar-refractivity contribution is 0.0949. The molecule has 4 nitrogen and oxygen atoms in total. The first-order chi connectivity index (χ1) is 11.7. The van der Waals surface area contributed by atoms with Gasteiger partial charge in [-0.1, -0.05) is 24.3 Å². The number of thiophene rings is 1. The van der Waals surface area contributed by atoms with Crippen molar-refractivity contribution in [2.24, 2.45) is 0 Å². The van der Waals surface area contributed by atoms with Crippen LogP contribution in [0.3, 0.4) is 0 Å². The smallest absolute Gasteiger partial charge is 0.253 e. The maximum absolute atomic E-state index is 12.4. The fourth-order valence-electron chi connectivity index (χ4n) is 2.53. The Kier molecular flexibility index (Phi) is 5.03. The lowest BCUT2D eigenvalue weighted by atomic mass is 10.1. The molecule has 0 aliphatic carbocycles. The number of aliphatic hydroxyl groups is 1. The minimum absolute atomic E-state index is 0.0397. The van der Waals surface area contributed by atoms with Gasteiger partial charge in [0.2, 0.25) is 0 Å². The van der Waals surface area contributed by atoms with E-state index in [1.54, 1.807) is 11.3 Å². The van der Waals surface area contributed by atoms with Crippen molar-refractivity contribution in [3.05, 3.63) is 75.6 Å². The van der Waals surface area contributed by atoms with Gasteiger partial charge in [0.1, 0.15) is 0 Å². The molecule has 0 aliphatic rings. The summed E-state index contributed by atoms with van der Waals surface area (Å²) in [5.74, 6) is -0.162. The Balaban J connectivity index is 1.73. The molecule has 0 saturated heterocycles. The Morgan fingerprint density at radius 3 is 2.62 bits per heavy atom. The molecule has 122 valence electrons. The SMILES string of the molecule is Cc1nc(-c2ccsc2)ccc1C(=O)NCc1ccccc1CO. The molecule has 2 heterocycles. The number of pyridine rings is 1. The second kappa shape index (κ2) is 7.38. The molecular formula is C19H18N2O2S. The third kappa shape index (κ3) is 3.53. The monoisotopic (exact) mass is 338 g/mol. The van der Waals surface area contributed by atoms with E-state index in [9.17, 15) is 9.90 Å². The van der Waals surface area contributed by atoms with E-state index in [2.05, 4.69) is 10.3 Å². The molecule has 2 aromatic heterocycles. The summed E-state index contributed by atoms with van der Waals surface area (Å²) in [7, 11) is 0. The van der Waals surface area contributed by atoms with Crippen LogP contribution >= 0.6 is 11.3 Å². The summed E-state index contributed by atoms with van der Waals surface area (Å²) in [5.41, 5.74) is 4.93. The maximum Gasteiger partial charge on any atom is 0.253 e. The van der Waals surface area contributed by atoms with Crippen LogP contribution in [0, 0.1) is 6.92 Å². The van der Waals surface area contributed by atoms with Gasteiger partial charge in [-0.25, -0.2) is 0 Å². The highest BCUT2D eigenvalue weighted by molar-refractivity contribution is 7.08. The van der Waals surface area contributed by atoms with Gasteiger partial charge in [0.15, 0.2) is 0 Å². The molecule has 0 radical (unpaired) electrons. The molecule has 5 heteroatoms. The molecule has 0 saturated carbocycles. The standard InChI is InChI=1S/C19H18N2O2S/c1-13-17(6-7-18(21-13)16-8-9-24-12-16)19(23)20-10-14-4-2-3-5-15(14)11-22/h2-9,12,22H,10-11H2,1H3,(H,20,23). The number of aliphatic hydroxyl groups excluding tert-OH is 1.